The Labute approximate surface area is 150 Å². The summed E-state index contributed by atoms with van der Waals surface area (Å²) in [5.41, 5.74) is 2.16. The molecule has 1 saturated heterocycles. The summed E-state index contributed by atoms with van der Waals surface area (Å²) in [6.45, 7) is 0.571. The van der Waals surface area contributed by atoms with Crippen LogP contribution in [0.25, 0.3) is 0 Å². The Balaban J connectivity index is 1.49. The first-order valence-electron chi connectivity index (χ1n) is 8.00. The van der Waals surface area contributed by atoms with Crippen LogP contribution in [-0.4, -0.2) is 30.1 Å². The van der Waals surface area contributed by atoms with Gasteiger partial charge in [0.2, 0.25) is 5.91 Å². The third-order valence-corrected chi connectivity index (χ3v) is 4.89. The number of hydrogen-bond donors (Lipinski definition) is 1. The fourth-order valence-corrected chi connectivity index (χ4v) is 3.44. The smallest absolute Gasteiger partial charge is 0.286 e. The van der Waals surface area contributed by atoms with Crippen LogP contribution in [0.4, 0.5) is 4.79 Å². The molecular formula is C19H19NO4S. The molecule has 0 saturated carbocycles. The Morgan fingerprint density at radius 3 is 2.52 bits per heavy atom. The summed E-state index contributed by atoms with van der Waals surface area (Å²) in [5, 5.41) is 1.69. The van der Waals surface area contributed by atoms with Crippen molar-refractivity contribution in [3.05, 3.63) is 59.7 Å². The molecule has 25 heavy (non-hydrogen) atoms. The van der Waals surface area contributed by atoms with Crippen LogP contribution in [0.1, 0.15) is 11.1 Å². The molecule has 2 aromatic carbocycles. The molecule has 3 rings (SSSR count). The van der Waals surface area contributed by atoms with E-state index in [1.807, 2.05) is 48.5 Å². The summed E-state index contributed by atoms with van der Waals surface area (Å²) in [4.78, 5) is 22.8. The van der Waals surface area contributed by atoms with E-state index in [1.165, 1.54) is 0 Å². The number of hydrogen-bond acceptors (Lipinski definition) is 5. The van der Waals surface area contributed by atoms with Crippen LogP contribution in [0.15, 0.2) is 48.5 Å². The highest BCUT2D eigenvalue weighted by atomic mass is 32.2. The van der Waals surface area contributed by atoms with Crippen LogP contribution >= 0.6 is 11.8 Å². The quantitative estimate of drug-likeness (QED) is 0.824. The van der Waals surface area contributed by atoms with E-state index in [0.717, 1.165) is 40.8 Å². The molecule has 5 nitrogen and oxygen atoms in total. The maximum atomic E-state index is 11.6. The van der Waals surface area contributed by atoms with Gasteiger partial charge in [-0.1, -0.05) is 36.0 Å². The monoisotopic (exact) mass is 357 g/mol. The minimum Gasteiger partial charge on any atom is -0.497 e. The molecule has 1 unspecified atom stereocenters. The fraction of sp³-hybridized carbons (Fsp3) is 0.263. The highest BCUT2D eigenvalue weighted by Gasteiger charge is 2.31. The average Bonchev–Trinajstić information content (AvgIpc) is 2.94. The Hall–Kier alpha value is -2.47. The minimum absolute atomic E-state index is 0.214. The van der Waals surface area contributed by atoms with Crippen molar-refractivity contribution in [1.82, 2.24) is 5.32 Å². The van der Waals surface area contributed by atoms with Crippen LogP contribution in [-0.2, 0) is 17.6 Å². The van der Waals surface area contributed by atoms with Gasteiger partial charge in [0.25, 0.3) is 5.24 Å². The van der Waals surface area contributed by atoms with Crippen LogP contribution in [0.5, 0.6) is 11.5 Å². The molecular weight excluding hydrogens is 338 g/mol. The number of carbonyl (C=O) groups is 2. The third-order valence-electron chi connectivity index (χ3n) is 3.91. The van der Waals surface area contributed by atoms with Gasteiger partial charge in [-0.05, 0) is 41.8 Å². The number of nitrogens with one attached hydrogen (secondary N) is 1. The lowest BCUT2D eigenvalue weighted by atomic mass is 10.1. The second-order valence-electron chi connectivity index (χ2n) is 5.68. The zero-order chi connectivity index (χ0) is 17.6. The fourth-order valence-electron chi connectivity index (χ4n) is 2.58. The lowest BCUT2D eigenvalue weighted by Crippen LogP contribution is -2.25. The molecule has 1 fully saturated rings. The van der Waals surface area contributed by atoms with Crippen molar-refractivity contribution < 1.29 is 19.1 Å². The molecule has 1 atom stereocenters. The van der Waals surface area contributed by atoms with Gasteiger partial charge in [0.05, 0.1) is 19.0 Å². The molecule has 0 aliphatic carbocycles. The molecule has 0 radical (unpaired) electrons. The summed E-state index contributed by atoms with van der Waals surface area (Å²) >= 11 is 1.05. The minimum atomic E-state index is -0.340. The predicted octanol–water partition coefficient (Wildman–Crippen LogP) is 3.21. The van der Waals surface area contributed by atoms with Gasteiger partial charge in [0.1, 0.15) is 11.5 Å². The Morgan fingerprint density at radius 1 is 1.04 bits per heavy atom. The van der Waals surface area contributed by atoms with Crippen LogP contribution in [0, 0.1) is 0 Å². The van der Waals surface area contributed by atoms with Crippen molar-refractivity contribution in [3.8, 4) is 11.5 Å². The van der Waals surface area contributed by atoms with E-state index in [4.69, 9.17) is 9.47 Å². The van der Waals surface area contributed by atoms with Crippen LogP contribution in [0.2, 0.25) is 0 Å². The normalized spacial score (nSPS) is 16.6. The lowest BCUT2D eigenvalue weighted by molar-refractivity contribution is -0.118. The molecule has 130 valence electrons. The molecule has 1 N–H and O–H groups in total. The Morgan fingerprint density at radius 2 is 1.84 bits per heavy atom. The molecule has 0 bridgehead atoms. The molecule has 1 aliphatic rings. The first kappa shape index (κ1) is 17.4. The van der Waals surface area contributed by atoms with Crippen molar-refractivity contribution in [1.29, 1.82) is 0 Å². The highest BCUT2D eigenvalue weighted by Crippen LogP contribution is 2.24. The number of thioether (sulfide) groups is 1. The maximum absolute atomic E-state index is 11.6. The van der Waals surface area contributed by atoms with E-state index in [2.05, 4.69) is 5.32 Å². The molecule has 0 aromatic heterocycles. The Bertz CT molecular complexity index is 760. The summed E-state index contributed by atoms with van der Waals surface area (Å²) < 4.78 is 11.0. The lowest BCUT2D eigenvalue weighted by Gasteiger charge is -2.09. The number of carbonyl (C=O) groups excluding carboxylic acids is 2. The van der Waals surface area contributed by atoms with Gasteiger partial charge < -0.3 is 9.47 Å². The number of imide groups is 1. The molecule has 6 heteroatoms. The Kier molecular flexibility index (Phi) is 5.60. The number of rotatable bonds is 7. The van der Waals surface area contributed by atoms with Gasteiger partial charge in [-0.25, -0.2) is 0 Å². The predicted molar refractivity (Wildman–Crippen MR) is 97.3 cm³/mol. The topological polar surface area (TPSA) is 64.6 Å². The third kappa shape index (κ3) is 4.76. The average molecular weight is 357 g/mol. The van der Waals surface area contributed by atoms with Crippen molar-refractivity contribution in [2.75, 3.05) is 13.7 Å². The van der Waals surface area contributed by atoms with Crippen molar-refractivity contribution in [2.45, 2.75) is 18.1 Å². The van der Waals surface area contributed by atoms with E-state index in [0.29, 0.717) is 13.0 Å². The van der Waals surface area contributed by atoms with E-state index in [9.17, 15) is 9.59 Å². The SMILES string of the molecule is COc1cccc(CCOc2ccc(CC3SC(=O)NC3=O)cc2)c1. The van der Waals surface area contributed by atoms with E-state index in [-0.39, 0.29) is 16.4 Å². The van der Waals surface area contributed by atoms with Gasteiger partial charge in [-0.3, -0.25) is 14.9 Å². The van der Waals surface area contributed by atoms with Crippen molar-refractivity contribution in [3.63, 3.8) is 0 Å². The van der Waals surface area contributed by atoms with Crippen LogP contribution in [0.3, 0.4) is 0 Å². The number of benzene rings is 2. The van der Waals surface area contributed by atoms with Gasteiger partial charge in [-0.2, -0.15) is 0 Å². The zero-order valence-electron chi connectivity index (χ0n) is 13.9. The second kappa shape index (κ2) is 8.07. The van der Waals surface area contributed by atoms with Gasteiger partial charge in [0.15, 0.2) is 0 Å². The highest BCUT2D eigenvalue weighted by molar-refractivity contribution is 8.15. The largest absolute Gasteiger partial charge is 0.497 e. The maximum Gasteiger partial charge on any atom is 0.286 e. The van der Waals surface area contributed by atoms with Crippen LogP contribution < -0.4 is 14.8 Å². The van der Waals surface area contributed by atoms with E-state index < -0.39 is 0 Å². The number of ether oxygens (including phenoxy) is 2. The molecule has 2 amide bonds. The first-order chi connectivity index (χ1) is 12.1. The molecule has 2 aromatic rings. The van der Waals surface area contributed by atoms with E-state index in [1.54, 1.807) is 7.11 Å². The molecule has 1 aliphatic heterocycles. The number of methoxy groups -OCH3 is 1. The summed E-state index contributed by atoms with van der Waals surface area (Å²) in [6.07, 6.45) is 1.33. The summed E-state index contributed by atoms with van der Waals surface area (Å²) in [7, 11) is 1.65. The van der Waals surface area contributed by atoms with Crippen molar-refractivity contribution >= 4 is 22.9 Å². The zero-order valence-corrected chi connectivity index (χ0v) is 14.7. The molecule has 0 spiro atoms. The summed E-state index contributed by atoms with van der Waals surface area (Å²) in [6, 6.07) is 15.6. The van der Waals surface area contributed by atoms with Gasteiger partial charge in [0, 0.05) is 6.42 Å². The standard InChI is InChI=1S/C19H19NO4S/c1-23-16-4-2-3-13(11-16)9-10-24-15-7-5-14(6-8-15)12-17-18(21)20-19(22)25-17/h2-8,11,17H,9-10,12H2,1H3,(H,20,21,22). The molecule has 1 heterocycles. The number of amides is 2. The van der Waals surface area contributed by atoms with Gasteiger partial charge >= 0.3 is 0 Å². The van der Waals surface area contributed by atoms with Gasteiger partial charge in [-0.15, -0.1) is 0 Å². The van der Waals surface area contributed by atoms with Crippen molar-refractivity contribution in [2.24, 2.45) is 0 Å². The second-order valence-corrected chi connectivity index (χ2v) is 6.86. The first-order valence-corrected chi connectivity index (χ1v) is 8.88. The van der Waals surface area contributed by atoms with E-state index >= 15 is 0 Å². The summed E-state index contributed by atoms with van der Waals surface area (Å²) in [5.74, 6) is 1.41.